The molecule has 0 saturated heterocycles. The number of benzene rings is 1. The molecule has 0 amide bonds. The Hall–Kier alpha value is -2.28. The monoisotopic (exact) mass is 308 g/mol. The second-order valence-corrected chi connectivity index (χ2v) is 5.11. The lowest BCUT2D eigenvalue weighted by atomic mass is 10.2. The number of para-hydroxylation sites is 1. The number of halogens is 3. The van der Waals surface area contributed by atoms with Crippen LogP contribution in [0.15, 0.2) is 36.5 Å². The summed E-state index contributed by atoms with van der Waals surface area (Å²) < 4.78 is 39.8. The second-order valence-electron chi connectivity index (χ2n) is 5.11. The van der Waals surface area contributed by atoms with Crippen LogP contribution in [-0.4, -0.2) is 14.8 Å². The highest BCUT2D eigenvalue weighted by molar-refractivity contribution is 5.80. The predicted octanol–water partition coefficient (Wildman–Crippen LogP) is 3.21. The summed E-state index contributed by atoms with van der Waals surface area (Å²) in [6.07, 6.45) is -3.52. The number of aromatic nitrogens is 3. The summed E-state index contributed by atoms with van der Waals surface area (Å²) in [6.45, 7) is 0.553. The molecule has 0 atom stereocenters. The summed E-state index contributed by atoms with van der Waals surface area (Å²) >= 11 is 0. The van der Waals surface area contributed by atoms with Crippen molar-refractivity contribution in [3.05, 3.63) is 53.5 Å². The lowest BCUT2D eigenvalue weighted by Gasteiger charge is -2.09. The van der Waals surface area contributed by atoms with Gasteiger partial charge in [-0.25, -0.2) is 0 Å². The van der Waals surface area contributed by atoms with E-state index in [9.17, 15) is 13.2 Å². The molecule has 116 valence electrons. The lowest BCUT2D eigenvalue weighted by molar-refractivity contribution is -0.138. The molecule has 0 bridgehead atoms. The minimum atomic E-state index is -4.38. The van der Waals surface area contributed by atoms with Crippen LogP contribution >= 0.6 is 0 Å². The van der Waals surface area contributed by atoms with E-state index >= 15 is 0 Å². The first kappa shape index (κ1) is 14.6. The van der Waals surface area contributed by atoms with Crippen LogP contribution in [0.1, 0.15) is 17.0 Å². The van der Waals surface area contributed by atoms with Gasteiger partial charge >= 0.3 is 6.18 Å². The van der Waals surface area contributed by atoms with Gasteiger partial charge in [0, 0.05) is 31.3 Å². The summed E-state index contributed by atoms with van der Waals surface area (Å²) in [5.41, 5.74) is 1.37. The molecule has 3 aromatic rings. The van der Waals surface area contributed by atoms with Gasteiger partial charge in [0.2, 0.25) is 0 Å². The number of fused-ring (bicyclic) bond motifs is 1. The van der Waals surface area contributed by atoms with Crippen molar-refractivity contribution < 1.29 is 13.2 Å². The van der Waals surface area contributed by atoms with Crippen molar-refractivity contribution in [3.63, 3.8) is 0 Å². The van der Waals surface area contributed by atoms with Gasteiger partial charge < -0.3 is 10.3 Å². The van der Waals surface area contributed by atoms with Crippen LogP contribution in [0.5, 0.6) is 0 Å². The van der Waals surface area contributed by atoms with Crippen molar-refractivity contribution in [2.45, 2.75) is 19.3 Å². The molecule has 1 aromatic carbocycles. The molecule has 0 spiro atoms. The number of alkyl halides is 3. The molecule has 0 aliphatic heterocycles. The summed E-state index contributed by atoms with van der Waals surface area (Å²) in [5.74, 6) is 0. The number of nitrogens with one attached hydrogen (secondary N) is 2. The highest BCUT2D eigenvalue weighted by atomic mass is 19.4. The van der Waals surface area contributed by atoms with E-state index in [-0.39, 0.29) is 12.2 Å². The SMILES string of the molecule is Cn1ncc(C(F)(F)F)c1CNCc1cc2ccccc2[nH]1. The van der Waals surface area contributed by atoms with Crippen molar-refractivity contribution in [3.8, 4) is 0 Å². The Bertz CT molecular complexity index is 753. The van der Waals surface area contributed by atoms with Crippen LogP contribution in [0.4, 0.5) is 13.2 Å². The molecule has 0 fully saturated rings. The topological polar surface area (TPSA) is 45.6 Å². The van der Waals surface area contributed by atoms with E-state index in [0.717, 1.165) is 22.8 Å². The van der Waals surface area contributed by atoms with Gasteiger partial charge in [-0.2, -0.15) is 18.3 Å². The molecule has 7 heteroatoms. The fourth-order valence-corrected chi connectivity index (χ4v) is 2.45. The Morgan fingerprint density at radius 3 is 2.73 bits per heavy atom. The molecule has 22 heavy (non-hydrogen) atoms. The zero-order valence-electron chi connectivity index (χ0n) is 11.9. The number of nitrogens with zero attached hydrogens (tertiary/aromatic N) is 2. The maximum absolute atomic E-state index is 12.9. The van der Waals surface area contributed by atoms with Crippen molar-refractivity contribution in [1.82, 2.24) is 20.1 Å². The normalized spacial score (nSPS) is 12.2. The fraction of sp³-hybridized carbons (Fsp3) is 0.267. The zero-order valence-corrected chi connectivity index (χ0v) is 11.9. The number of hydrogen-bond donors (Lipinski definition) is 2. The number of H-pyrrole nitrogens is 1. The maximum atomic E-state index is 12.9. The van der Waals surface area contributed by atoms with Crippen molar-refractivity contribution in [2.24, 2.45) is 7.05 Å². The third kappa shape index (κ3) is 2.85. The molecule has 2 aromatic heterocycles. The standard InChI is InChI=1S/C15H15F3N4/c1-22-14(12(8-20-22)15(16,17)18)9-19-7-11-6-10-4-2-3-5-13(10)21-11/h2-6,8,19,21H,7,9H2,1H3. The molecule has 0 radical (unpaired) electrons. The zero-order chi connectivity index (χ0) is 15.7. The Kier molecular flexibility index (Phi) is 3.66. The summed E-state index contributed by atoms with van der Waals surface area (Å²) in [4.78, 5) is 3.23. The van der Waals surface area contributed by atoms with E-state index in [4.69, 9.17) is 0 Å². The minimum absolute atomic E-state index is 0.0979. The van der Waals surface area contributed by atoms with Gasteiger partial charge in [-0.1, -0.05) is 18.2 Å². The van der Waals surface area contributed by atoms with Crippen LogP contribution in [-0.2, 0) is 26.3 Å². The largest absolute Gasteiger partial charge is 0.419 e. The second kappa shape index (κ2) is 5.49. The van der Waals surface area contributed by atoms with Gasteiger partial charge in [-0.15, -0.1) is 0 Å². The fourth-order valence-electron chi connectivity index (χ4n) is 2.45. The molecule has 0 aliphatic rings. The van der Waals surface area contributed by atoms with Crippen LogP contribution < -0.4 is 5.32 Å². The third-order valence-electron chi connectivity index (χ3n) is 3.56. The molecule has 0 saturated carbocycles. The van der Waals surface area contributed by atoms with Gasteiger partial charge in [0.15, 0.2) is 0 Å². The van der Waals surface area contributed by atoms with E-state index in [1.165, 1.54) is 11.7 Å². The number of rotatable bonds is 4. The average molecular weight is 308 g/mol. The highest BCUT2D eigenvalue weighted by Crippen LogP contribution is 2.31. The Balaban J connectivity index is 1.70. The summed E-state index contributed by atoms with van der Waals surface area (Å²) in [7, 11) is 1.51. The van der Waals surface area contributed by atoms with Gasteiger partial charge in [-0.3, -0.25) is 4.68 Å². The van der Waals surface area contributed by atoms with Gasteiger partial charge in [0.25, 0.3) is 0 Å². The quantitative estimate of drug-likeness (QED) is 0.777. The highest BCUT2D eigenvalue weighted by Gasteiger charge is 2.35. The maximum Gasteiger partial charge on any atom is 0.419 e. The Labute approximate surface area is 124 Å². The van der Waals surface area contributed by atoms with Crippen molar-refractivity contribution in [2.75, 3.05) is 0 Å². The Morgan fingerprint density at radius 2 is 2.00 bits per heavy atom. The minimum Gasteiger partial charge on any atom is -0.357 e. The van der Waals surface area contributed by atoms with E-state index < -0.39 is 11.7 Å². The molecule has 2 N–H and O–H groups in total. The van der Waals surface area contributed by atoms with Gasteiger partial charge in [-0.05, 0) is 17.5 Å². The first-order chi connectivity index (χ1) is 10.4. The third-order valence-corrected chi connectivity index (χ3v) is 3.56. The smallest absolute Gasteiger partial charge is 0.357 e. The summed E-state index contributed by atoms with van der Waals surface area (Å²) in [6, 6.07) is 9.80. The van der Waals surface area contributed by atoms with Crippen molar-refractivity contribution in [1.29, 1.82) is 0 Å². The van der Waals surface area contributed by atoms with E-state index in [1.54, 1.807) is 0 Å². The molecule has 4 nitrogen and oxygen atoms in total. The average Bonchev–Trinajstić information content (AvgIpc) is 3.02. The summed E-state index contributed by atoms with van der Waals surface area (Å²) in [5, 5.41) is 7.80. The number of hydrogen-bond acceptors (Lipinski definition) is 2. The molecule has 3 rings (SSSR count). The molecular formula is C15H15F3N4. The van der Waals surface area contributed by atoms with E-state index in [1.807, 2.05) is 30.3 Å². The van der Waals surface area contributed by atoms with E-state index in [2.05, 4.69) is 15.4 Å². The first-order valence-electron chi connectivity index (χ1n) is 6.80. The number of aromatic amines is 1. The van der Waals surface area contributed by atoms with Crippen LogP contribution in [0.3, 0.4) is 0 Å². The van der Waals surface area contributed by atoms with Gasteiger partial charge in [0.1, 0.15) is 0 Å². The van der Waals surface area contributed by atoms with Crippen LogP contribution in [0, 0.1) is 0 Å². The predicted molar refractivity (Wildman–Crippen MR) is 77.1 cm³/mol. The molecule has 0 aliphatic carbocycles. The van der Waals surface area contributed by atoms with Crippen LogP contribution in [0.2, 0.25) is 0 Å². The first-order valence-corrected chi connectivity index (χ1v) is 6.80. The molecule has 0 unspecified atom stereocenters. The van der Waals surface area contributed by atoms with E-state index in [0.29, 0.717) is 6.54 Å². The van der Waals surface area contributed by atoms with Gasteiger partial charge in [0.05, 0.1) is 17.5 Å². The van der Waals surface area contributed by atoms with Crippen LogP contribution in [0.25, 0.3) is 10.9 Å². The number of aryl methyl sites for hydroxylation is 1. The lowest BCUT2D eigenvalue weighted by Crippen LogP contribution is -2.19. The Morgan fingerprint density at radius 1 is 1.23 bits per heavy atom. The molecule has 2 heterocycles. The molecular weight excluding hydrogens is 293 g/mol. The van der Waals surface area contributed by atoms with Crippen molar-refractivity contribution >= 4 is 10.9 Å².